The first-order chi connectivity index (χ1) is 8.66. The standard InChI is InChI=1S/C14H28N2O2/c1-3-4-5-8-11-18-12(2)13(15)14(17)16-9-6-7-10-16/h12-13H,3-11,15H2,1-2H3/t12-,13+/m1/s1. The molecule has 4 heteroatoms. The lowest BCUT2D eigenvalue weighted by molar-refractivity contribution is -0.134. The Morgan fingerprint density at radius 2 is 1.94 bits per heavy atom. The van der Waals surface area contributed by atoms with E-state index >= 15 is 0 Å². The van der Waals surface area contributed by atoms with Gasteiger partial charge in [-0.15, -0.1) is 0 Å². The Morgan fingerprint density at radius 3 is 2.56 bits per heavy atom. The molecule has 1 saturated heterocycles. The van der Waals surface area contributed by atoms with E-state index in [0.717, 1.165) is 32.4 Å². The summed E-state index contributed by atoms with van der Waals surface area (Å²) in [6, 6.07) is -0.505. The number of hydrogen-bond donors (Lipinski definition) is 1. The Hall–Kier alpha value is -0.610. The molecule has 106 valence electrons. The fourth-order valence-electron chi connectivity index (χ4n) is 2.25. The van der Waals surface area contributed by atoms with E-state index in [9.17, 15) is 4.79 Å². The Kier molecular flexibility index (Phi) is 7.28. The van der Waals surface area contributed by atoms with Crippen LogP contribution in [-0.2, 0) is 9.53 Å². The second-order valence-electron chi connectivity index (χ2n) is 5.19. The molecule has 0 aliphatic carbocycles. The normalized spacial score (nSPS) is 18.9. The maximum Gasteiger partial charge on any atom is 0.242 e. The predicted molar refractivity (Wildman–Crippen MR) is 73.3 cm³/mol. The fourth-order valence-corrected chi connectivity index (χ4v) is 2.25. The summed E-state index contributed by atoms with van der Waals surface area (Å²) in [5, 5.41) is 0. The van der Waals surface area contributed by atoms with Gasteiger partial charge in [0.25, 0.3) is 0 Å². The van der Waals surface area contributed by atoms with Crippen molar-refractivity contribution in [1.82, 2.24) is 4.90 Å². The van der Waals surface area contributed by atoms with Crippen LogP contribution in [0.25, 0.3) is 0 Å². The summed E-state index contributed by atoms with van der Waals surface area (Å²) < 4.78 is 5.66. The average molecular weight is 256 g/mol. The molecule has 0 aromatic heterocycles. The van der Waals surface area contributed by atoms with Gasteiger partial charge in [0, 0.05) is 19.7 Å². The molecular weight excluding hydrogens is 228 g/mol. The van der Waals surface area contributed by atoms with Crippen molar-refractivity contribution < 1.29 is 9.53 Å². The predicted octanol–water partition coefficient (Wildman–Crippen LogP) is 1.92. The molecule has 1 fully saturated rings. The van der Waals surface area contributed by atoms with E-state index < -0.39 is 6.04 Å². The van der Waals surface area contributed by atoms with Crippen LogP contribution in [0.5, 0.6) is 0 Å². The number of hydrogen-bond acceptors (Lipinski definition) is 3. The summed E-state index contributed by atoms with van der Waals surface area (Å²) in [5.74, 6) is 0.0496. The molecule has 0 spiro atoms. The summed E-state index contributed by atoms with van der Waals surface area (Å²) in [5.41, 5.74) is 5.97. The second-order valence-corrected chi connectivity index (χ2v) is 5.19. The Labute approximate surface area is 111 Å². The summed E-state index contributed by atoms with van der Waals surface area (Å²) in [6.45, 7) is 6.51. The highest BCUT2D eigenvalue weighted by Gasteiger charge is 2.27. The molecular formula is C14H28N2O2. The van der Waals surface area contributed by atoms with Gasteiger partial charge >= 0.3 is 0 Å². The zero-order valence-corrected chi connectivity index (χ0v) is 11.9. The molecule has 1 rings (SSSR count). The molecule has 0 aromatic rings. The lowest BCUT2D eigenvalue weighted by atomic mass is 10.1. The van der Waals surface area contributed by atoms with Crippen LogP contribution in [0.1, 0.15) is 52.4 Å². The molecule has 1 heterocycles. The molecule has 2 atom stereocenters. The SMILES string of the molecule is CCCCCCO[C@H](C)[C@H](N)C(=O)N1CCCC1. The summed E-state index contributed by atoms with van der Waals surface area (Å²) in [4.78, 5) is 13.9. The molecule has 1 aliphatic heterocycles. The molecule has 18 heavy (non-hydrogen) atoms. The first-order valence-electron chi connectivity index (χ1n) is 7.32. The molecule has 0 radical (unpaired) electrons. The first-order valence-corrected chi connectivity index (χ1v) is 7.32. The smallest absolute Gasteiger partial charge is 0.242 e. The van der Waals surface area contributed by atoms with Gasteiger partial charge < -0.3 is 15.4 Å². The van der Waals surface area contributed by atoms with Crippen LogP contribution in [0.4, 0.5) is 0 Å². The van der Waals surface area contributed by atoms with E-state index in [1.54, 1.807) is 0 Å². The molecule has 0 aromatic carbocycles. The molecule has 4 nitrogen and oxygen atoms in total. The molecule has 2 N–H and O–H groups in total. The van der Waals surface area contributed by atoms with Crippen molar-refractivity contribution in [2.75, 3.05) is 19.7 Å². The Morgan fingerprint density at radius 1 is 1.28 bits per heavy atom. The minimum absolute atomic E-state index is 0.0496. The molecule has 0 bridgehead atoms. The number of carbonyl (C=O) groups excluding carboxylic acids is 1. The minimum atomic E-state index is -0.505. The van der Waals surface area contributed by atoms with E-state index in [2.05, 4.69) is 6.92 Å². The summed E-state index contributed by atoms with van der Waals surface area (Å²) in [7, 11) is 0. The van der Waals surface area contributed by atoms with Gasteiger partial charge in [0.15, 0.2) is 0 Å². The Balaban J connectivity index is 2.18. The van der Waals surface area contributed by atoms with Crippen LogP contribution in [0.3, 0.4) is 0 Å². The van der Waals surface area contributed by atoms with Crippen LogP contribution < -0.4 is 5.73 Å². The van der Waals surface area contributed by atoms with Gasteiger partial charge in [-0.05, 0) is 26.2 Å². The monoisotopic (exact) mass is 256 g/mol. The number of nitrogens with two attached hydrogens (primary N) is 1. The van der Waals surface area contributed by atoms with Gasteiger partial charge in [-0.3, -0.25) is 4.79 Å². The van der Waals surface area contributed by atoms with Gasteiger partial charge in [0.1, 0.15) is 6.04 Å². The van der Waals surface area contributed by atoms with Crippen molar-refractivity contribution in [3.8, 4) is 0 Å². The highest BCUT2D eigenvalue weighted by atomic mass is 16.5. The Bertz CT molecular complexity index is 240. The number of amides is 1. The average Bonchev–Trinajstić information content (AvgIpc) is 2.90. The number of ether oxygens (including phenoxy) is 1. The van der Waals surface area contributed by atoms with Gasteiger partial charge in [0.05, 0.1) is 6.10 Å². The third-order valence-corrected chi connectivity index (χ3v) is 3.59. The van der Waals surface area contributed by atoms with Crippen molar-refractivity contribution in [2.45, 2.75) is 64.5 Å². The van der Waals surface area contributed by atoms with Crippen LogP contribution in [0, 0.1) is 0 Å². The van der Waals surface area contributed by atoms with E-state index in [1.165, 1.54) is 19.3 Å². The minimum Gasteiger partial charge on any atom is -0.376 e. The highest BCUT2D eigenvalue weighted by molar-refractivity contribution is 5.82. The molecule has 0 unspecified atom stereocenters. The van der Waals surface area contributed by atoms with Crippen LogP contribution >= 0.6 is 0 Å². The number of likely N-dealkylation sites (tertiary alicyclic amines) is 1. The van der Waals surface area contributed by atoms with E-state index in [1.807, 2.05) is 11.8 Å². The quantitative estimate of drug-likeness (QED) is 0.675. The van der Waals surface area contributed by atoms with Crippen molar-refractivity contribution in [2.24, 2.45) is 5.73 Å². The van der Waals surface area contributed by atoms with Crippen molar-refractivity contribution >= 4 is 5.91 Å². The van der Waals surface area contributed by atoms with Gasteiger partial charge in [0.2, 0.25) is 5.91 Å². The second kappa shape index (κ2) is 8.48. The maximum absolute atomic E-state index is 12.0. The number of rotatable bonds is 8. The number of unbranched alkanes of at least 4 members (excludes halogenated alkanes) is 3. The number of nitrogens with zero attached hydrogens (tertiary/aromatic N) is 1. The zero-order chi connectivity index (χ0) is 13.4. The van der Waals surface area contributed by atoms with Crippen LogP contribution in [0.2, 0.25) is 0 Å². The van der Waals surface area contributed by atoms with E-state index in [4.69, 9.17) is 10.5 Å². The summed E-state index contributed by atoms with van der Waals surface area (Å²) in [6.07, 6.45) is 6.75. The maximum atomic E-state index is 12.0. The summed E-state index contributed by atoms with van der Waals surface area (Å²) >= 11 is 0. The molecule has 1 aliphatic rings. The molecule has 1 amide bonds. The lowest BCUT2D eigenvalue weighted by Crippen LogP contribution is -2.49. The van der Waals surface area contributed by atoms with Gasteiger partial charge in [-0.2, -0.15) is 0 Å². The van der Waals surface area contributed by atoms with Crippen molar-refractivity contribution in [3.63, 3.8) is 0 Å². The van der Waals surface area contributed by atoms with Crippen LogP contribution in [-0.4, -0.2) is 42.6 Å². The molecule has 0 saturated carbocycles. The van der Waals surface area contributed by atoms with Crippen molar-refractivity contribution in [1.29, 1.82) is 0 Å². The fraction of sp³-hybridized carbons (Fsp3) is 0.929. The van der Waals surface area contributed by atoms with Crippen LogP contribution in [0.15, 0.2) is 0 Å². The van der Waals surface area contributed by atoms with Gasteiger partial charge in [-0.1, -0.05) is 26.2 Å². The lowest BCUT2D eigenvalue weighted by Gasteiger charge is -2.24. The zero-order valence-electron chi connectivity index (χ0n) is 11.9. The van der Waals surface area contributed by atoms with E-state index in [0.29, 0.717) is 6.61 Å². The third-order valence-electron chi connectivity index (χ3n) is 3.59. The number of carbonyl (C=O) groups is 1. The highest BCUT2D eigenvalue weighted by Crippen LogP contribution is 2.11. The third kappa shape index (κ3) is 4.94. The largest absolute Gasteiger partial charge is 0.376 e. The topological polar surface area (TPSA) is 55.6 Å². The van der Waals surface area contributed by atoms with E-state index in [-0.39, 0.29) is 12.0 Å². The first kappa shape index (κ1) is 15.4. The van der Waals surface area contributed by atoms with Crippen molar-refractivity contribution in [3.05, 3.63) is 0 Å². The van der Waals surface area contributed by atoms with Gasteiger partial charge in [-0.25, -0.2) is 0 Å².